The number of hydrogen-bond acceptors (Lipinski definition) is 4. The van der Waals surface area contributed by atoms with Crippen LogP contribution < -0.4 is 10.5 Å². The SMILES string of the molecule is CC(C)N(C)CCNS(=O)(=O)c1cccc(N)c1. The van der Waals surface area contributed by atoms with Crippen molar-refractivity contribution in [1.82, 2.24) is 9.62 Å². The summed E-state index contributed by atoms with van der Waals surface area (Å²) in [6, 6.07) is 6.66. The average molecular weight is 271 g/mol. The Balaban J connectivity index is 2.61. The third-order valence-electron chi connectivity index (χ3n) is 2.81. The lowest BCUT2D eigenvalue weighted by Gasteiger charge is -2.20. The number of nitrogen functional groups attached to an aromatic ring is 1. The van der Waals surface area contributed by atoms with Crippen LogP contribution in [-0.4, -0.2) is 39.5 Å². The molecule has 0 aliphatic heterocycles. The summed E-state index contributed by atoms with van der Waals surface area (Å²) in [6.07, 6.45) is 0. The van der Waals surface area contributed by atoms with Crippen LogP contribution in [0.4, 0.5) is 5.69 Å². The first-order valence-electron chi connectivity index (χ1n) is 5.88. The summed E-state index contributed by atoms with van der Waals surface area (Å²) < 4.78 is 26.5. The third kappa shape index (κ3) is 4.29. The number of sulfonamides is 1. The van der Waals surface area contributed by atoms with Crippen molar-refractivity contribution in [3.63, 3.8) is 0 Å². The van der Waals surface area contributed by atoms with E-state index in [1.54, 1.807) is 12.1 Å². The fourth-order valence-corrected chi connectivity index (χ4v) is 2.46. The van der Waals surface area contributed by atoms with E-state index in [1.165, 1.54) is 12.1 Å². The Labute approximate surface area is 109 Å². The number of hydrogen-bond donors (Lipinski definition) is 2. The zero-order valence-corrected chi connectivity index (χ0v) is 11.9. The van der Waals surface area contributed by atoms with E-state index >= 15 is 0 Å². The molecule has 0 aliphatic rings. The van der Waals surface area contributed by atoms with Crippen LogP contribution in [0.25, 0.3) is 0 Å². The number of nitrogens with one attached hydrogen (secondary N) is 1. The summed E-state index contributed by atoms with van der Waals surface area (Å²) in [4.78, 5) is 2.27. The smallest absolute Gasteiger partial charge is 0.240 e. The Morgan fingerprint density at radius 2 is 2.06 bits per heavy atom. The highest BCUT2D eigenvalue weighted by molar-refractivity contribution is 7.89. The fraction of sp³-hybridized carbons (Fsp3) is 0.500. The van der Waals surface area contributed by atoms with Crippen molar-refractivity contribution in [2.75, 3.05) is 25.9 Å². The van der Waals surface area contributed by atoms with Crippen molar-refractivity contribution >= 4 is 15.7 Å². The maximum atomic E-state index is 12.0. The Hall–Kier alpha value is -1.11. The highest BCUT2D eigenvalue weighted by Crippen LogP contribution is 2.12. The molecule has 102 valence electrons. The van der Waals surface area contributed by atoms with Crippen molar-refractivity contribution in [1.29, 1.82) is 0 Å². The van der Waals surface area contributed by atoms with E-state index in [0.29, 0.717) is 24.8 Å². The Morgan fingerprint density at radius 3 is 2.61 bits per heavy atom. The summed E-state index contributed by atoms with van der Waals surface area (Å²) in [5.41, 5.74) is 6.01. The molecular weight excluding hydrogens is 250 g/mol. The molecule has 0 aromatic heterocycles. The Morgan fingerprint density at radius 1 is 1.39 bits per heavy atom. The van der Waals surface area contributed by atoms with Gasteiger partial charge in [0.15, 0.2) is 0 Å². The van der Waals surface area contributed by atoms with Crippen molar-refractivity contribution in [2.45, 2.75) is 24.8 Å². The topological polar surface area (TPSA) is 75.4 Å². The van der Waals surface area contributed by atoms with Gasteiger partial charge in [0, 0.05) is 24.8 Å². The van der Waals surface area contributed by atoms with Gasteiger partial charge in [-0.05, 0) is 39.1 Å². The number of anilines is 1. The zero-order valence-electron chi connectivity index (χ0n) is 11.1. The van der Waals surface area contributed by atoms with E-state index in [2.05, 4.69) is 23.5 Å². The molecule has 1 aromatic rings. The Kier molecular flexibility index (Phi) is 5.13. The minimum atomic E-state index is -3.46. The number of likely N-dealkylation sites (N-methyl/N-ethyl adjacent to an activating group) is 1. The lowest BCUT2D eigenvalue weighted by Crippen LogP contribution is -2.36. The van der Waals surface area contributed by atoms with Gasteiger partial charge in [0.25, 0.3) is 0 Å². The van der Waals surface area contributed by atoms with Gasteiger partial charge < -0.3 is 10.6 Å². The van der Waals surface area contributed by atoms with Gasteiger partial charge in [-0.25, -0.2) is 13.1 Å². The maximum Gasteiger partial charge on any atom is 0.240 e. The van der Waals surface area contributed by atoms with Gasteiger partial charge in [-0.15, -0.1) is 0 Å². The van der Waals surface area contributed by atoms with E-state index < -0.39 is 10.0 Å². The number of benzene rings is 1. The molecule has 0 atom stereocenters. The maximum absolute atomic E-state index is 12.0. The molecule has 5 nitrogen and oxygen atoms in total. The van der Waals surface area contributed by atoms with E-state index in [1.807, 2.05) is 7.05 Å². The second kappa shape index (κ2) is 6.17. The first-order chi connectivity index (χ1) is 8.33. The predicted molar refractivity (Wildman–Crippen MR) is 73.8 cm³/mol. The molecule has 6 heteroatoms. The van der Waals surface area contributed by atoms with E-state index in [-0.39, 0.29) is 4.90 Å². The summed E-state index contributed by atoms with van der Waals surface area (Å²) >= 11 is 0. The van der Waals surface area contributed by atoms with Gasteiger partial charge in [-0.2, -0.15) is 0 Å². The molecule has 0 radical (unpaired) electrons. The normalized spacial score (nSPS) is 12.3. The summed E-state index contributed by atoms with van der Waals surface area (Å²) in [5.74, 6) is 0. The molecule has 1 rings (SSSR count). The average Bonchev–Trinajstić information content (AvgIpc) is 2.28. The molecule has 0 saturated carbocycles. The number of nitrogens with zero attached hydrogens (tertiary/aromatic N) is 1. The molecule has 0 fully saturated rings. The molecule has 1 aromatic carbocycles. The molecule has 0 saturated heterocycles. The zero-order chi connectivity index (χ0) is 13.8. The van der Waals surface area contributed by atoms with Gasteiger partial charge in [0.2, 0.25) is 10.0 Å². The Bertz CT molecular complexity index is 486. The quantitative estimate of drug-likeness (QED) is 0.753. The number of nitrogens with two attached hydrogens (primary N) is 1. The molecule has 0 amide bonds. The second-order valence-corrected chi connectivity index (χ2v) is 6.31. The summed E-state index contributed by atoms with van der Waals surface area (Å²) in [6.45, 7) is 5.17. The summed E-state index contributed by atoms with van der Waals surface area (Å²) in [7, 11) is -1.50. The van der Waals surface area contributed by atoms with Crippen LogP contribution >= 0.6 is 0 Å². The van der Waals surface area contributed by atoms with Gasteiger partial charge in [-0.1, -0.05) is 6.07 Å². The van der Waals surface area contributed by atoms with E-state index in [0.717, 1.165) is 0 Å². The van der Waals surface area contributed by atoms with Crippen LogP contribution in [0, 0.1) is 0 Å². The van der Waals surface area contributed by atoms with E-state index in [4.69, 9.17) is 5.73 Å². The third-order valence-corrected chi connectivity index (χ3v) is 4.27. The van der Waals surface area contributed by atoms with Gasteiger partial charge >= 0.3 is 0 Å². The lowest BCUT2D eigenvalue weighted by atomic mass is 10.3. The first-order valence-corrected chi connectivity index (χ1v) is 7.36. The monoisotopic (exact) mass is 271 g/mol. The van der Waals surface area contributed by atoms with Crippen LogP contribution in [-0.2, 0) is 10.0 Å². The molecule has 0 bridgehead atoms. The van der Waals surface area contributed by atoms with Crippen LogP contribution in [0.5, 0.6) is 0 Å². The minimum Gasteiger partial charge on any atom is -0.399 e. The van der Waals surface area contributed by atoms with Gasteiger partial charge in [-0.3, -0.25) is 0 Å². The predicted octanol–water partition coefficient (Wildman–Crippen LogP) is 0.887. The molecular formula is C12H21N3O2S. The molecule has 0 unspecified atom stereocenters. The van der Waals surface area contributed by atoms with Crippen molar-refractivity contribution in [2.24, 2.45) is 0 Å². The molecule has 0 spiro atoms. The van der Waals surface area contributed by atoms with E-state index in [9.17, 15) is 8.42 Å². The molecule has 0 heterocycles. The van der Waals surface area contributed by atoms with Crippen LogP contribution in [0.3, 0.4) is 0 Å². The van der Waals surface area contributed by atoms with Crippen LogP contribution in [0.2, 0.25) is 0 Å². The second-order valence-electron chi connectivity index (χ2n) is 4.54. The molecule has 0 aliphatic carbocycles. The highest BCUT2D eigenvalue weighted by Gasteiger charge is 2.14. The van der Waals surface area contributed by atoms with Crippen LogP contribution in [0.1, 0.15) is 13.8 Å². The lowest BCUT2D eigenvalue weighted by molar-refractivity contribution is 0.278. The number of rotatable bonds is 6. The van der Waals surface area contributed by atoms with Crippen molar-refractivity contribution < 1.29 is 8.42 Å². The highest BCUT2D eigenvalue weighted by atomic mass is 32.2. The fourth-order valence-electron chi connectivity index (χ4n) is 1.38. The molecule has 3 N–H and O–H groups in total. The standard InChI is InChI=1S/C12H21N3O2S/c1-10(2)15(3)8-7-14-18(16,17)12-6-4-5-11(13)9-12/h4-6,9-10,14H,7-8,13H2,1-3H3. The first kappa shape index (κ1) is 14.9. The molecule has 18 heavy (non-hydrogen) atoms. The van der Waals surface area contributed by atoms with Gasteiger partial charge in [0.1, 0.15) is 0 Å². The van der Waals surface area contributed by atoms with Gasteiger partial charge in [0.05, 0.1) is 4.90 Å². The largest absolute Gasteiger partial charge is 0.399 e. The van der Waals surface area contributed by atoms with Crippen molar-refractivity contribution in [3.8, 4) is 0 Å². The summed E-state index contributed by atoms with van der Waals surface area (Å²) in [5, 5.41) is 0. The minimum absolute atomic E-state index is 0.203. The van der Waals surface area contributed by atoms with Crippen molar-refractivity contribution in [3.05, 3.63) is 24.3 Å². The van der Waals surface area contributed by atoms with Crippen LogP contribution in [0.15, 0.2) is 29.2 Å².